The van der Waals surface area contributed by atoms with E-state index in [0.717, 1.165) is 24.8 Å². The van der Waals surface area contributed by atoms with Gasteiger partial charge in [0.25, 0.3) is 0 Å². The average Bonchev–Trinajstić information content (AvgIpc) is 2.28. The van der Waals surface area contributed by atoms with Crippen molar-refractivity contribution in [3.8, 4) is 6.07 Å². The fraction of sp³-hybridized carbons (Fsp3) is 0.500. The number of hydrogen-bond acceptors (Lipinski definition) is 3. The molecule has 0 aromatic heterocycles. The van der Waals surface area contributed by atoms with Crippen molar-refractivity contribution in [2.24, 2.45) is 0 Å². The van der Waals surface area contributed by atoms with Gasteiger partial charge in [-0.1, -0.05) is 18.2 Å². The molecule has 106 valence electrons. The van der Waals surface area contributed by atoms with Crippen LogP contribution < -0.4 is 5.32 Å². The summed E-state index contributed by atoms with van der Waals surface area (Å²) in [6.07, 6.45) is 2.25. The van der Waals surface area contributed by atoms with Crippen LogP contribution in [0, 0.1) is 11.3 Å². The third-order valence-electron chi connectivity index (χ3n) is 3.50. The maximum atomic E-state index is 11.9. The molecule has 0 heterocycles. The Morgan fingerprint density at radius 2 is 2.00 bits per heavy atom. The van der Waals surface area contributed by atoms with Crippen molar-refractivity contribution >= 4 is 11.8 Å². The standard InChI is InChI=1S/C16H20N2O2/c1-15(2,3)20-14(19)18-13-8-5-4-7-12(13)16(11-17)9-6-10-16/h4-5,7-8H,6,9-10H2,1-3H3,(H,18,19). The number of ether oxygens (including phenoxy) is 1. The summed E-state index contributed by atoms with van der Waals surface area (Å²) in [4.78, 5) is 11.9. The monoisotopic (exact) mass is 272 g/mol. The minimum absolute atomic E-state index is 0.453. The van der Waals surface area contributed by atoms with E-state index in [1.807, 2.05) is 45.0 Å². The number of benzene rings is 1. The van der Waals surface area contributed by atoms with Crippen LogP contribution in [-0.4, -0.2) is 11.7 Å². The Labute approximate surface area is 119 Å². The largest absolute Gasteiger partial charge is 0.444 e. The third-order valence-corrected chi connectivity index (χ3v) is 3.50. The molecule has 1 fully saturated rings. The Morgan fingerprint density at radius 3 is 2.50 bits per heavy atom. The van der Waals surface area contributed by atoms with Gasteiger partial charge >= 0.3 is 6.09 Å². The van der Waals surface area contributed by atoms with E-state index in [2.05, 4.69) is 11.4 Å². The van der Waals surface area contributed by atoms with Gasteiger partial charge in [-0.25, -0.2) is 4.79 Å². The summed E-state index contributed by atoms with van der Waals surface area (Å²) in [5.74, 6) is 0. The number of nitrogens with zero attached hydrogens (tertiary/aromatic N) is 1. The lowest BCUT2D eigenvalue weighted by Crippen LogP contribution is -2.34. The highest BCUT2D eigenvalue weighted by molar-refractivity contribution is 5.86. The van der Waals surface area contributed by atoms with E-state index in [9.17, 15) is 10.1 Å². The van der Waals surface area contributed by atoms with Crippen molar-refractivity contribution in [3.05, 3.63) is 29.8 Å². The summed E-state index contributed by atoms with van der Waals surface area (Å²) in [5.41, 5.74) is 0.566. The SMILES string of the molecule is CC(C)(C)OC(=O)Nc1ccccc1C1(C#N)CCC1. The molecule has 0 unspecified atom stereocenters. The Bertz CT molecular complexity index is 548. The van der Waals surface area contributed by atoms with Crippen molar-refractivity contribution in [1.29, 1.82) is 5.26 Å². The van der Waals surface area contributed by atoms with Crippen molar-refractivity contribution in [3.63, 3.8) is 0 Å². The molecule has 1 aliphatic carbocycles. The number of nitriles is 1. The maximum absolute atomic E-state index is 11.9. The van der Waals surface area contributed by atoms with Gasteiger partial charge in [0.05, 0.1) is 11.5 Å². The molecule has 0 saturated heterocycles. The molecule has 1 N–H and O–H groups in total. The van der Waals surface area contributed by atoms with Gasteiger partial charge in [0.2, 0.25) is 0 Å². The zero-order chi connectivity index (χ0) is 14.8. The van der Waals surface area contributed by atoms with Crippen LogP contribution in [-0.2, 0) is 10.2 Å². The molecule has 0 aliphatic heterocycles. The lowest BCUT2D eigenvalue weighted by atomic mass is 9.65. The van der Waals surface area contributed by atoms with Crippen molar-refractivity contribution in [1.82, 2.24) is 0 Å². The van der Waals surface area contributed by atoms with Gasteiger partial charge in [-0.05, 0) is 51.7 Å². The molecule has 0 atom stereocenters. The molecule has 1 amide bonds. The number of nitrogens with one attached hydrogen (secondary N) is 1. The van der Waals surface area contributed by atoms with Gasteiger partial charge in [0.15, 0.2) is 0 Å². The van der Waals surface area contributed by atoms with E-state index in [1.54, 1.807) is 0 Å². The van der Waals surface area contributed by atoms with Crippen molar-refractivity contribution in [2.45, 2.75) is 51.0 Å². The van der Waals surface area contributed by atoms with E-state index in [1.165, 1.54) is 0 Å². The topological polar surface area (TPSA) is 62.1 Å². The number of amides is 1. The number of anilines is 1. The molecule has 0 radical (unpaired) electrons. The second kappa shape index (κ2) is 5.16. The van der Waals surface area contributed by atoms with Gasteiger partial charge in [-0.3, -0.25) is 5.32 Å². The highest BCUT2D eigenvalue weighted by Crippen LogP contribution is 2.45. The van der Waals surface area contributed by atoms with Crippen molar-refractivity contribution in [2.75, 3.05) is 5.32 Å². The molecule has 1 aliphatic rings. The predicted octanol–water partition coefficient (Wildman–Crippen LogP) is 3.98. The van der Waals surface area contributed by atoms with Gasteiger partial charge in [-0.15, -0.1) is 0 Å². The molecule has 4 nitrogen and oxygen atoms in total. The number of carbonyl (C=O) groups excluding carboxylic acids is 1. The van der Waals surface area contributed by atoms with Gasteiger partial charge in [0.1, 0.15) is 5.60 Å². The molecule has 1 saturated carbocycles. The highest BCUT2D eigenvalue weighted by Gasteiger charge is 2.40. The lowest BCUT2D eigenvalue weighted by Gasteiger charge is -2.37. The van der Waals surface area contributed by atoms with Crippen LogP contribution in [0.2, 0.25) is 0 Å². The van der Waals surface area contributed by atoms with E-state index in [-0.39, 0.29) is 0 Å². The first-order chi connectivity index (χ1) is 9.36. The molecule has 1 aromatic carbocycles. The Balaban J connectivity index is 2.21. The van der Waals surface area contributed by atoms with E-state index < -0.39 is 17.1 Å². The van der Waals surface area contributed by atoms with Gasteiger partial charge in [0, 0.05) is 5.69 Å². The summed E-state index contributed by atoms with van der Waals surface area (Å²) in [6, 6.07) is 9.87. The fourth-order valence-electron chi connectivity index (χ4n) is 2.39. The lowest BCUT2D eigenvalue weighted by molar-refractivity contribution is 0.0635. The zero-order valence-electron chi connectivity index (χ0n) is 12.2. The van der Waals surface area contributed by atoms with E-state index >= 15 is 0 Å². The number of rotatable bonds is 2. The first-order valence-electron chi connectivity index (χ1n) is 6.87. The number of carbonyl (C=O) groups is 1. The van der Waals surface area contributed by atoms with Crippen LogP contribution in [0.15, 0.2) is 24.3 Å². The van der Waals surface area contributed by atoms with Gasteiger partial charge in [-0.2, -0.15) is 5.26 Å². The Hall–Kier alpha value is -2.02. The summed E-state index contributed by atoms with van der Waals surface area (Å²) in [5, 5.41) is 12.2. The van der Waals surface area contributed by atoms with Crippen LogP contribution in [0.3, 0.4) is 0 Å². The Kier molecular flexibility index (Phi) is 3.71. The molecular weight excluding hydrogens is 252 g/mol. The normalized spacial score (nSPS) is 16.7. The van der Waals surface area contributed by atoms with Crippen LogP contribution in [0.5, 0.6) is 0 Å². The van der Waals surface area contributed by atoms with Crippen LogP contribution in [0.25, 0.3) is 0 Å². The number of hydrogen-bond donors (Lipinski definition) is 1. The van der Waals surface area contributed by atoms with Crippen LogP contribution in [0.4, 0.5) is 10.5 Å². The summed E-state index contributed by atoms with van der Waals surface area (Å²) in [6.45, 7) is 5.46. The molecule has 4 heteroatoms. The Morgan fingerprint density at radius 1 is 1.35 bits per heavy atom. The summed E-state index contributed by atoms with van der Waals surface area (Å²) < 4.78 is 5.26. The summed E-state index contributed by atoms with van der Waals surface area (Å²) >= 11 is 0. The summed E-state index contributed by atoms with van der Waals surface area (Å²) in [7, 11) is 0. The predicted molar refractivity (Wildman–Crippen MR) is 77.4 cm³/mol. The molecule has 1 aromatic rings. The van der Waals surface area contributed by atoms with Crippen molar-refractivity contribution < 1.29 is 9.53 Å². The minimum atomic E-state index is -0.539. The molecule has 2 rings (SSSR count). The first kappa shape index (κ1) is 14.4. The second-order valence-electron chi connectivity index (χ2n) is 6.22. The van der Waals surface area contributed by atoms with Crippen LogP contribution >= 0.6 is 0 Å². The number of para-hydroxylation sites is 1. The third kappa shape index (κ3) is 2.93. The minimum Gasteiger partial charge on any atom is -0.444 e. The first-order valence-corrected chi connectivity index (χ1v) is 6.87. The van der Waals surface area contributed by atoms with Gasteiger partial charge < -0.3 is 4.74 Å². The van der Waals surface area contributed by atoms with E-state index in [0.29, 0.717) is 5.69 Å². The van der Waals surface area contributed by atoms with E-state index in [4.69, 9.17) is 4.74 Å². The fourth-order valence-corrected chi connectivity index (χ4v) is 2.39. The second-order valence-corrected chi connectivity index (χ2v) is 6.22. The highest BCUT2D eigenvalue weighted by atomic mass is 16.6. The molecule has 20 heavy (non-hydrogen) atoms. The smallest absolute Gasteiger partial charge is 0.412 e. The average molecular weight is 272 g/mol. The molecule has 0 bridgehead atoms. The zero-order valence-corrected chi connectivity index (χ0v) is 12.2. The van der Waals surface area contributed by atoms with Crippen LogP contribution in [0.1, 0.15) is 45.6 Å². The molecule has 0 spiro atoms. The molecular formula is C16H20N2O2. The quantitative estimate of drug-likeness (QED) is 0.885. The maximum Gasteiger partial charge on any atom is 0.412 e.